The van der Waals surface area contributed by atoms with E-state index in [1.165, 1.54) is 17.7 Å². The number of halogens is 1. The second-order valence-corrected chi connectivity index (χ2v) is 6.09. The van der Waals surface area contributed by atoms with Crippen molar-refractivity contribution in [2.75, 3.05) is 0 Å². The number of carbonyl (C=O) groups is 1. The number of nitrogens with one attached hydrogen (secondary N) is 1. The third-order valence-corrected chi connectivity index (χ3v) is 4.42. The summed E-state index contributed by atoms with van der Waals surface area (Å²) in [6, 6.07) is 14.0. The molecule has 0 fully saturated rings. The van der Waals surface area contributed by atoms with Gasteiger partial charge in [-0.15, -0.1) is 0 Å². The largest absolute Gasteiger partial charge is 0.478 e. The first-order valence-electron chi connectivity index (χ1n) is 8.12. The van der Waals surface area contributed by atoms with Gasteiger partial charge in [0, 0.05) is 12.6 Å². The Morgan fingerprint density at radius 2 is 1.83 bits per heavy atom. The molecule has 1 aliphatic rings. The van der Waals surface area contributed by atoms with Crippen LogP contribution in [0.1, 0.15) is 40.7 Å². The van der Waals surface area contributed by atoms with E-state index in [0.717, 1.165) is 36.9 Å². The molecule has 2 aromatic rings. The van der Waals surface area contributed by atoms with Crippen LogP contribution < -0.4 is 5.32 Å². The number of carboxylic acids is 1. The lowest BCUT2D eigenvalue weighted by atomic mass is 9.90. The van der Waals surface area contributed by atoms with Gasteiger partial charge in [-0.05, 0) is 60.2 Å². The molecule has 0 aliphatic heterocycles. The van der Waals surface area contributed by atoms with Gasteiger partial charge < -0.3 is 10.4 Å². The number of rotatable bonds is 5. The van der Waals surface area contributed by atoms with Gasteiger partial charge in [-0.2, -0.15) is 0 Å². The predicted octanol–water partition coefficient (Wildman–Crippen LogP) is 4.25. The van der Waals surface area contributed by atoms with Crippen molar-refractivity contribution in [2.45, 2.75) is 31.8 Å². The molecule has 0 spiro atoms. The highest BCUT2D eigenvalue weighted by molar-refractivity contribution is 5.87. The molecule has 124 valence electrons. The Kier molecular flexibility index (Phi) is 5.06. The summed E-state index contributed by atoms with van der Waals surface area (Å²) in [6.07, 6.45) is 5.18. The molecule has 1 atom stereocenters. The summed E-state index contributed by atoms with van der Waals surface area (Å²) < 4.78 is 13.0. The van der Waals surface area contributed by atoms with E-state index in [9.17, 15) is 9.18 Å². The fourth-order valence-corrected chi connectivity index (χ4v) is 2.97. The minimum absolute atomic E-state index is 0.205. The summed E-state index contributed by atoms with van der Waals surface area (Å²) in [5.74, 6) is -1.11. The Hall–Kier alpha value is -2.46. The highest BCUT2D eigenvalue weighted by Gasteiger charge is 2.15. The Balaban J connectivity index is 1.53. The van der Waals surface area contributed by atoms with Crippen LogP contribution in [0, 0.1) is 5.82 Å². The van der Waals surface area contributed by atoms with Crippen LogP contribution in [0.15, 0.2) is 54.6 Å². The Morgan fingerprint density at radius 3 is 2.42 bits per heavy atom. The van der Waals surface area contributed by atoms with E-state index in [0.29, 0.717) is 11.6 Å². The SMILES string of the molecule is O=C(O)c1ccc(CNC2CC=C(c3ccc(F)cc3)CC2)cc1. The number of hydrogen-bond acceptors (Lipinski definition) is 2. The van der Waals surface area contributed by atoms with Crippen LogP contribution in [0.2, 0.25) is 0 Å². The average molecular weight is 325 g/mol. The van der Waals surface area contributed by atoms with Crippen LogP contribution in [0.5, 0.6) is 0 Å². The maximum absolute atomic E-state index is 13.0. The van der Waals surface area contributed by atoms with Crippen LogP contribution in [-0.4, -0.2) is 17.1 Å². The van der Waals surface area contributed by atoms with E-state index in [4.69, 9.17) is 5.11 Å². The van der Waals surface area contributed by atoms with E-state index in [1.807, 2.05) is 24.3 Å². The Bertz CT molecular complexity index is 735. The first kappa shape index (κ1) is 16.4. The van der Waals surface area contributed by atoms with Crippen LogP contribution in [0.25, 0.3) is 5.57 Å². The Morgan fingerprint density at radius 1 is 1.12 bits per heavy atom. The van der Waals surface area contributed by atoms with Crippen molar-refractivity contribution in [1.82, 2.24) is 5.32 Å². The maximum atomic E-state index is 13.0. The molecule has 3 nitrogen and oxygen atoms in total. The monoisotopic (exact) mass is 325 g/mol. The van der Waals surface area contributed by atoms with Gasteiger partial charge in [0.15, 0.2) is 0 Å². The number of carboxylic acid groups (broad SMARTS) is 1. The van der Waals surface area contributed by atoms with Gasteiger partial charge in [0.2, 0.25) is 0 Å². The van der Waals surface area contributed by atoms with Gasteiger partial charge >= 0.3 is 5.97 Å². The van der Waals surface area contributed by atoms with E-state index in [2.05, 4.69) is 11.4 Å². The van der Waals surface area contributed by atoms with Crippen molar-refractivity contribution < 1.29 is 14.3 Å². The summed E-state index contributed by atoms with van der Waals surface area (Å²) in [5.41, 5.74) is 3.76. The van der Waals surface area contributed by atoms with Crippen molar-refractivity contribution in [3.8, 4) is 0 Å². The minimum atomic E-state index is -0.903. The smallest absolute Gasteiger partial charge is 0.335 e. The molecule has 0 saturated heterocycles. The molecule has 4 heteroatoms. The Labute approximate surface area is 140 Å². The summed E-state index contributed by atoms with van der Waals surface area (Å²) in [7, 11) is 0. The fourth-order valence-electron chi connectivity index (χ4n) is 2.97. The predicted molar refractivity (Wildman–Crippen MR) is 92.3 cm³/mol. The average Bonchev–Trinajstić information content (AvgIpc) is 2.61. The highest BCUT2D eigenvalue weighted by atomic mass is 19.1. The zero-order valence-electron chi connectivity index (χ0n) is 13.3. The number of hydrogen-bond donors (Lipinski definition) is 2. The standard InChI is InChI=1S/C20H20FNO2/c21-18-9-5-15(6-10-18)16-7-11-19(12-8-16)22-13-14-1-3-17(4-2-14)20(23)24/h1-7,9-10,19,22H,8,11-13H2,(H,23,24). The second kappa shape index (κ2) is 7.41. The lowest BCUT2D eigenvalue weighted by Crippen LogP contribution is -2.29. The molecule has 0 bridgehead atoms. The van der Waals surface area contributed by atoms with E-state index >= 15 is 0 Å². The quantitative estimate of drug-likeness (QED) is 0.864. The van der Waals surface area contributed by atoms with Crippen LogP contribution in [0.3, 0.4) is 0 Å². The lowest BCUT2D eigenvalue weighted by molar-refractivity contribution is 0.0697. The van der Waals surface area contributed by atoms with Crippen molar-refractivity contribution in [1.29, 1.82) is 0 Å². The molecule has 2 aromatic carbocycles. The molecule has 24 heavy (non-hydrogen) atoms. The zero-order chi connectivity index (χ0) is 16.9. The maximum Gasteiger partial charge on any atom is 0.335 e. The van der Waals surface area contributed by atoms with Crippen molar-refractivity contribution >= 4 is 11.5 Å². The second-order valence-electron chi connectivity index (χ2n) is 6.09. The normalized spacial score (nSPS) is 17.4. The first-order valence-corrected chi connectivity index (χ1v) is 8.12. The fraction of sp³-hybridized carbons (Fsp3) is 0.250. The molecule has 2 N–H and O–H groups in total. The summed E-state index contributed by atoms with van der Waals surface area (Å²) in [5, 5.41) is 12.4. The van der Waals surface area contributed by atoms with Crippen LogP contribution in [0.4, 0.5) is 4.39 Å². The zero-order valence-corrected chi connectivity index (χ0v) is 13.3. The van der Waals surface area contributed by atoms with Gasteiger partial charge in [0.05, 0.1) is 5.56 Å². The third-order valence-electron chi connectivity index (χ3n) is 4.42. The lowest BCUT2D eigenvalue weighted by Gasteiger charge is -2.23. The van der Waals surface area contributed by atoms with Crippen molar-refractivity contribution in [3.63, 3.8) is 0 Å². The van der Waals surface area contributed by atoms with E-state index < -0.39 is 5.97 Å². The molecule has 0 radical (unpaired) electrons. The molecular weight excluding hydrogens is 305 g/mol. The minimum Gasteiger partial charge on any atom is -0.478 e. The first-order chi connectivity index (χ1) is 11.6. The number of benzene rings is 2. The van der Waals surface area contributed by atoms with Gasteiger partial charge in [0.25, 0.3) is 0 Å². The summed E-state index contributed by atoms with van der Waals surface area (Å²) >= 11 is 0. The molecule has 0 amide bonds. The van der Waals surface area contributed by atoms with Crippen molar-refractivity contribution in [3.05, 3.63) is 77.1 Å². The third kappa shape index (κ3) is 4.09. The van der Waals surface area contributed by atoms with Gasteiger partial charge in [-0.25, -0.2) is 9.18 Å². The van der Waals surface area contributed by atoms with Crippen LogP contribution >= 0.6 is 0 Å². The summed E-state index contributed by atoms with van der Waals surface area (Å²) in [4.78, 5) is 10.8. The molecule has 0 saturated carbocycles. The van der Waals surface area contributed by atoms with E-state index in [-0.39, 0.29) is 5.82 Å². The molecule has 1 aliphatic carbocycles. The van der Waals surface area contributed by atoms with Gasteiger partial charge in [-0.3, -0.25) is 0 Å². The van der Waals surface area contributed by atoms with Gasteiger partial charge in [-0.1, -0.05) is 30.3 Å². The number of allylic oxidation sites excluding steroid dienone is 1. The van der Waals surface area contributed by atoms with Gasteiger partial charge in [0.1, 0.15) is 5.82 Å². The molecule has 0 heterocycles. The number of aromatic carboxylic acids is 1. The van der Waals surface area contributed by atoms with Crippen LogP contribution in [-0.2, 0) is 6.54 Å². The summed E-state index contributed by atoms with van der Waals surface area (Å²) in [6.45, 7) is 0.726. The molecular formula is C20H20FNO2. The topological polar surface area (TPSA) is 49.3 Å². The van der Waals surface area contributed by atoms with Crippen molar-refractivity contribution in [2.24, 2.45) is 0 Å². The highest BCUT2D eigenvalue weighted by Crippen LogP contribution is 2.27. The van der Waals surface area contributed by atoms with E-state index in [1.54, 1.807) is 12.1 Å². The molecule has 0 aromatic heterocycles. The molecule has 3 rings (SSSR count). The molecule has 1 unspecified atom stereocenters.